The summed E-state index contributed by atoms with van der Waals surface area (Å²) in [5.74, 6) is -5.60. The van der Waals surface area contributed by atoms with Crippen LogP contribution in [0.15, 0.2) is 35.3 Å². The molecule has 146 valence electrons. The van der Waals surface area contributed by atoms with E-state index in [0.717, 1.165) is 4.90 Å². The number of hydrogen-bond donors (Lipinski definition) is 2. The van der Waals surface area contributed by atoms with Crippen molar-refractivity contribution in [3.63, 3.8) is 0 Å². The average molecular weight is 388 g/mol. The Bertz CT molecular complexity index is 1040. The van der Waals surface area contributed by atoms with Gasteiger partial charge in [-0.1, -0.05) is 25.1 Å². The number of nitriles is 1. The van der Waals surface area contributed by atoms with Gasteiger partial charge in [-0.15, -0.1) is 0 Å². The topological polar surface area (TPSA) is 120 Å². The summed E-state index contributed by atoms with van der Waals surface area (Å²) in [5, 5.41) is 9.77. The van der Waals surface area contributed by atoms with E-state index in [1.807, 2.05) is 0 Å². The van der Waals surface area contributed by atoms with E-state index in [1.54, 1.807) is 30.3 Å². The highest BCUT2D eigenvalue weighted by atomic mass is 19.3. The Kier molecular flexibility index (Phi) is 5.00. The van der Waals surface area contributed by atoms with Crippen molar-refractivity contribution in [3.05, 3.63) is 46.4 Å². The van der Waals surface area contributed by atoms with Gasteiger partial charge >= 0.3 is 0 Å². The number of carbonyl (C=O) groups is 2. The fourth-order valence-corrected chi connectivity index (χ4v) is 3.39. The summed E-state index contributed by atoms with van der Waals surface area (Å²) in [6.07, 6.45) is 0.498. The normalized spacial score (nSPS) is 20.5. The maximum absolute atomic E-state index is 13.6. The van der Waals surface area contributed by atoms with Crippen LogP contribution in [0, 0.1) is 17.2 Å². The Morgan fingerprint density at radius 1 is 1.36 bits per heavy atom. The Balaban J connectivity index is 1.88. The van der Waals surface area contributed by atoms with Gasteiger partial charge in [-0.3, -0.25) is 14.4 Å². The van der Waals surface area contributed by atoms with Gasteiger partial charge in [0.2, 0.25) is 5.91 Å². The minimum atomic E-state index is -3.17. The molecule has 2 unspecified atom stereocenters. The van der Waals surface area contributed by atoms with Crippen LogP contribution in [0.5, 0.6) is 0 Å². The molecule has 1 aromatic carbocycles. The molecule has 1 amide bonds. The van der Waals surface area contributed by atoms with Crippen molar-refractivity contribution in [1.29, 1.82) is 5.26 Å². The molecular weight excluding hydrogens is 370 g/mol. The first-order valence-electron chi connectivity index (χ1n) is 8.64. The molecule has 3 N–H and O–H groups in total. The molecule has 1 saturated heterocycles. The Morgan fingerprint density at radius 3 is 2.64 bits per heavy atom. The third-order valence-electron chi connectivity index (χ3n) is 5.01. The number of rotatable bonds is 4. The first-order valence-corrected chi connectivity index (χ1v) is 8.64. The molecule has 1 aliphatic heterocycles. The van der Waals surface area contributed by atoms with E-state index in [-0.39, 0.29) is 11.1 Å². The van der Waals surface area contributed by atoms with E-state index in [2.05, 4.69) is 4.98 Å². The SMILES string of the molecule is CC(C(=O)c1c[nH]c(=O)c2ccccc12)C(N)C(=O)N1CC(F)(F)C[C@H]1C#N. The number of halogens is 2. The van der Waals surface area contributed by atoms with Crippen molar-refractivity contribution in [2.24, 2.45) is 11.7 Å². The van der Waals surface area contributed by atoms with Crippen molar-refractivity contribution in [2.45, 2.75) is 31.4 Å². The van der Waals surface area contributed by atoms with Crippen LogP contribution in [0.3, 0.4) is 0 Å². The third kappa shape index (κ3) is 3.39. The fourth-order valence-electron chi connectivity index (χ4n) is 3.39. The first-order chi connectivity index (χ1) is 13.2. The van der Waals surface area contributed by atoms with Crippen LogP contribution >= 0.6 is 0 Å². The van der Waals surface area contributed by atoms with Gasteiger partial charge in [0.05, 0.1) is 18.7 Å². The predicted molar refractivity (Wildman–Crippen MR) is 96.7 cm³/mol. The van der Waals surface area contributed by atoms with Gasteiger partial charge in [0.1, 0.15) is 6.04 Å². The molecule has 1 aromatic heterocycles. The Hall–Kier alpha value is -3.12. The summed E-state index contributed by atoms with van der Waals surface area (Å²) < 4.78 is 27.2. The number of amides is 1. The number of fused-ring (bicyclic) bond motifs is 1. The second-order valence-corrected chi connectivity index (χ2v) is 6.93. The molecule has 2 aromatic rings. The smallest absolute Gasteiger partial charge is 0.268 e. The minimum absolute atomic E-state index is 0.175. The zero-order chi connectivity index (χ0) is 20.6. The predicted octanol–water partition coefficient (Wildman–Crippen LogP) is 1.43. The summed E-state index contributed by atoms with van der Waals surface area (Å²) in [7, 11) is 0. The summed E-state index contributed by atoms with van der Waals surface area (Å²) in [5.41, 5.74) is 5.73. The number of ketones is 1. The maximum Gasteiger partial charge on any atom is 0.268 e. The quantitative estimate of drug-likeness (QED) is 0.768. The van der Waals surface area contributed by atoms with E-state index < -0.39 is 48.6 Å². The molecule has 7 nitrogen and oxygen atoms in total. The lowest BCUT2D eigenvalue weighted by Crippen LogP contribution is -2.50. The highest BCUT2D eigenvalue weighted by Gasteiger charge is 2.49. The summed E-state index contributed by atoms with van der Waals surface area (Å²) in [6, 6.07) is 5.47. The van der Waals surface area contributed by atoms with Crippen LogP contribution in [0.2, 0.25) is 0 Å². The number of pyridine rings is 1. The zero-order valence-corrected chi connectivity index (χ0v) is 15.0. The average Bonchev–Trinajstić information content (AvgIpc) is 3.01. The highest BCUT2D eigenvalue weighted by molar-refractivity contribution is 6.10. The number of aromatic nitrogens is 1. The van der Waals surface area contributed by atoms with Gasteiger partial charge in [0, 0.05) is 29.5 Å². The number of aromatic amines is 1. The number of likely N-dealkylation sites (tertiary alicyclic amines) is 1. The van der Waals surface area contributed by atoms with E-state index >= 15 is 0 Å². The van der Waals surface area contributed by atoms with Crippen LogP contribution < -0.4 is 11.3 Å². The van der Waals surface area contributed by atoms with Crippen molar-refractivity contribution in [3.8, 4) is 6.07 Å². The second kappa shape index (κ2) is 7.13. The molecule has 28 heavy (non-hydrogen) atoms. The number of alkyl halides is 2. The van der Waals surface area contributed by atoms with Gasteiger partial charge in [-0.25, -0.2) is 8.78 Å². The van der Waals surface area contributed by atoms with Crippen molar-refractivity contribution in [1.82, 2.24) is 9.88 Å². The molecule has 2 heterocycles. The molecule has 0 spiro atoms. The molecule has 0 saturated carbocycles. The maximum atomic E-state index is 13.6. The number of Topliss-reactive ketones (excluding diaryl/α,β-unsaturated/α-hetero) is 1. The monoisotopic (exact) mass is 388 g/mol. The van der Waals surface area contributed by atoms with Crippen LogP contribution in [0.1, 0.15) is 23.7 Å². The molecular formula is C19H18F2N4O3. The second-order valence-electron chi connectivity index (χ2n) is 6.93. The number of hydrogen-bond acceptors (Lipinski definition) is 5. The summed E-state index contributed by atoms with van der Waals surface area (Å²) in [6.45, 7) is 0.515. The lowest BCUT2D eigenvalue weighted by atomic mass is 9.90. The first kappa shape index (κ1) is 19.6. The molecule has 3 atom stereocenters. The Labute approximate surface area is 158 Å². The molecule has 1 aliphatic rings. The number of nitrogens with one attached hydrogen (secondary N) is 1. The van der Waals surface area contributed by atoms with Crippen molar-refractivity contribution in [2.75, 3.05) is 6.54 Å². The number of carbonyl (C=O) groups excluding carboxylic acids is 2. The zero-order valence-electron chi connectivity index (χ0n) is 15.0. The van der Waals surface area contributed by atoms with E-state index in [9.17, 15) is 23.2 Å². The van der Waals surface area contributed by atoms with Crippen LogP contribution in [0.4, 0.5) is 8.78 Å². The summed E-state index contributed by atoms with van der Waals surface area (Å²) >= 11 is 0. The lowest BCUT2D eigenvalue weighted by Gasteiger charge is -2.26. The van der Waals surface area contributed by atoms with Gasteiger partial charge in [0.25, 0.3) is 11.5 Å². The largest absolute Gasteiger partial charge is 0.328 e. The van der Waals surface area contributed by atoms with Crippen LogP contribution in [0.25, 0.3) is 10.8 Å². The number of nitrogens with zero attached hydrogens (tertiary/aromatic N) is 2. The van der Waals surface area contributed by atoms with Crippen molar-refractivity contribution < 1.29 is 18.4 Å². The fraction of sp³-hybridized carbons (Fsp3) is 0.368. The van der Waals surface area contributed by atoms with Gasteiger partial charge in [0.15, 0.2) is 5.78 Å². The molecule has 0 bridgehead atoms. The number of nitrogens with two attached hydrogens (primary N) is 1. The lowest BCUT2D eigenvalue weighted by molar-refractivity contribution is -0.134. The third-order valence-corrected chi connectivity index (χ3v) is 5.01. The molecule has 0 aliphatic carbocycles. The number of H-pyrrole nitrogens is 1. The minimum Gasteiger partial charge on any atom is -0.328 e. The summed E-state index contributed by atoms with van der Waals surface area (Å²) in [4.78, 5) is 40.7. The van der Waals surface area contributed by atoms with Gasteiger partial charge in [-0.05, 0) is 11.5 Å². The Morgan fingerprint density at radius 2 is 2.00 bits per heavy atom. The molecule has 1 fully saturated rings. The number of benzene rings is 1. The molecule has 9 heteroatoms. The van der Waals surface area contributed by atoms with Gasteiger partial charge < -0.3 is 15.6 Å². The van der Waals surface area contributed by atoms with E-state index in [0.29, 0.717) is 10.8 Å². The standard InChI is InChI=1S/C19H18F2N4O3/c1-10(15(23)18(28)25-9-19(20,21)6-11(25)7-22)16(26)14-8-24-17(27)13-5-3-2-4-12(13)14/h2-5,8,10-11,15H,6,9,23H2,1H3,(H,24,27)/t10?,11-,15?/m0/s1. The molecule has 3 rings (SSSR count). The van der Waals surface area contributed by atoms with E-state index in [1.165, 1.54) is 13.1 Å². The highest BCUT2D eigenvalue weighted by Crippen LogP contribution is 2.32. The van der Waals surface area contributed by atoms with E-state index in [4.69, 9.17) is 11.0 Å². The van der Waals surface area contributed by atoms with Crippen LogP contribution in [-0.4, -0.2) is 46.1 Å². The van der Waals surface area contributed by atoms with Crippen molar-refractivity contribution >= 4 is 22.5 Å². The van der Waals surface area contributed by atoms with Gasteiger partial charge in [-0.2, -0.15) is 5.26 Å². The molecule has 0 radical (unpaired) electrons. The van der Waals surface area contributed by atoms with Crippen LogP contribution in [-0.2, 0) is 4.79 Å².